The molecular weight excluding hydrogens is 257 g/mol. The molecule has 0 aliphatic rings. The predicted octanol–water partition coefficient (Wildman–Crippen LogP) is 4.42. The van der Waals surface area contributed by atoms with Crippen molar-refractivity contribution in [2.45, 2.75) is 53.5 Å². The molecule has 3 nitrogen and oxygen atoms in total. The van der Waals surface area contributed by atoms with Gasteiger partial charge in [0.15, 0.2) is 11.6 Å². The fourth-order valence-corrected chi connectivity index (χ4v) is 1.37. The van der Waals surface area contributed by atoms with E-state index >= 15 is 0 Å². The Hall–Kier alpha value is -1.58. The van der Waals surface area contributed by atoms with Crippen LogP contribution in [0.2, 0.25) is 0 Å². The van der Waals surface area contributed by atoms with Gasteiger partial charge in [0.05, 0.1) is 6.61 Å². The number of rotatable bonds is 6. The number of hydrogen-bond acceptors (Lipinski definition) is 3. The normalized spacial score (nSPS) is 9.75. The molecule has 0 amide bonds. The Morgan fingerprint density at radius 3 is 2.40 bits per heavy atom. The maximum Gasteiger partial charge on any atom is 0.167 e. The molecule has 0 aromatic heterocycles. The van der Waals surface area contributed by atoms with Gasteiger partial charge in [-0.25, -0.2) is 4.39 Å². The maximum atomic E-state index is 13.6. The van der Waals surface area contributed by atoms with Gasteiger partial charge in [-0.15, -0.1) is 0 Å². The highest BCUT2D eigenvalue weighted by molar-refractivity contribution is 5.72. The zero-order chi connectivity index (χ0) is 15.5. The van der Waals surface area contributed by atoms with Crippen LogP contribution < -0.4 is 10.1 Å². The van der Waals surface area contributed by atoms with Crippen LogP contribution in [0.15, 0.2) is 18.2 Å². The molecular formula is C16H26FNO2. The second kappa shape index (κ2) is 10.2. The summed E-state index contributed by atoms with van der Waals surface area (Å²) in [7, 11) is 0. The van der Waals surface area contributed by atoms with Crippen molar-refractivity contribution >= 4 is 11.5 Å². The van der Waals surface area contributed by atoms with Gasteiger partial charge in [0.1, 0.15) is 5.78 Å². The number of unbranched alkanes of at least 4 members (excludes halogenated alkanes) is 1. The van der Waals surface area contributed by atoms with E-state index in [0.717, 1.165) is 18.5 Å². The fraction of sp³-hybridized carbons (Fsp3) is 0.562. The first kappa shape index (κ1) is 18.4. The van der Waals surface area contributed by atoms with Gasteiger partial charge >= 0.3 is 0 Å². The highest BCUT2D eigenvalue weighted by Crippen LogP contribution is 2.21. The van der Waals surface area contributed by atoms with Gasteiger partial charge < -0.3 is 14.8 Å². The minimum Gasteiger partial charge on any atom is -0.491 e. The number of carbonyl (C=O) groups excluding carboxylic acids is 1. The number of benzene rings is 1. The zero-order valence-corrected chi connectivity index (χ0v) is 13.1. The lowest BCUT2D eigenvalue weighted by molar-refractivity contribution is -0.114. The van der Waals surface area contributed by atoms with Crippen LogP contribution in [0, 0.1) is 5.82 Å². The highest BCUT2D eigenvalue weighted by Gasteiger charge is 2.05. The summed E-state index contributed by atoms with van der Waals surface area (Å²) in [4.78, 5) is 9.44. The molecule has 0 aliphatic heterocycles. The van der Waals surface area contributed by atoms with E-state index in [2.05, 4.69) is 12.2 Å². The van der Waals surface area contributed by atoms with E-state index in [-0.39, 0.29) is 11.6 Å². The molecule has 20 heavy (non-hydrogen) atoms. The summed E-state index contributed by atoms with van der Waals surface area (Å²) < 4.78 is 18.9. The van der Waals surface area contributed by atoms with Crippen molar-refractivity contribution in [1.29, 1.82) is 0 Å². The molecule has 0 unspecified atom stereocenters. The molecule has 114 valence electrons. The lowest BCUT2D eigenvalue weighted by Crippen LogP contribution is -2.09. The molecule has 0 aliphatic carbocycles. The second-order valence-electron chi connectivity index (χ2n) is 5.05. The molecule has 1 aromatic carbocycles. The van der Waals surface area contributed by atoms with Gasteiger partial charge in [-0.05, 0) is 46.2 Å². The molecule has 0 bridgehead atoms. The molecule has 0 spiro atoms. The largest absolute Gasteiger partial charge is 0.491 e. The Balaban J connectivity index is 0.000000796. The summed E-state index contributed by atoms with van der Waals surface area (Å²) in [6, 6.07) is 5.28. The van der Waals surface area contributed by atoms with E-state index in [1.807, 2.05) is 19.9 Å². The molecule has 0 heterocycles. The molecule has 1 aromatic rings. The number of ether oxygens (including phenoxy) is 1. The van der Waals surface area contributed by atoms with Gasteiger partial charge in [0.25, 0.3) is 0 Å². The van der Waals surface area contributed by atoms with E-state index in [0.29, 0.717) is 18.4 Å². The molecule has 0 radical (unpaired) electrons. The van der Waals surface area contributed by atoms with Crippen molar-refractivity contribution in [1.82, 2.24) is 0 Å². The van der Waals surface area contributed by atoms with Crippen LogP contribution in [0.4, 0.5) is 10.1 Å². The summed E-state index contributed by atoms with van der Waals surface area (Å²) in [5, 5.41) is 3.14. The van der Waals surface area contributed by atoms with Crippen LogP contribution in [0.1, 0.15) is 47.5 Å². The lowest BCUT2D eigenvalue weighted by atomic mass is 10.2. The third-order valence-electron chi connectivity index (χ3n) is 2.14. The third-order valence-corrected chi connectivity index (χ3v) is 2.14. The van der Waals surface area contributed by atoms with E-state index in [1.165, 1.54) is 19.9 Å². The van der Waals surface area contributed by atoms with Crippen LogP contribution in [0.25, 0.3) is 0 Å². The van der Waals surface area contributed by atoms with Gasteiger partial charge in [-0.3, -0.25) is 0 Å². The molecule has 0 saturated carbocycles. The Bertz CT molecular complexity index is 401. The Labute approximate surface area is 121 Å². The summed E-state index contributed by atoms with van der Waals surface area (Å²) >= 11 is 0. The maximum absolute atomic E-state index is 13.6. The Morgan fingerprint density at radius 1 is 1.35 bits per heavy atom. The van der Waals surface area contributed by atoms with Crippen molar-refractivity contribution in [2.75, 3.05) is 11.9 Å². The number of halogens is 1. The minimum atomic E-state index is -0.304. The van der Waals surface area contributed by atoms with E-state index in [9.17, 15) is 9.18 Å². The van der Waals surface area contributed by atoms with Crippen LogP contribution >= 0.6 is 0 Å². The van der Waals surface area contributed by atoms with Gasteiger partial charge in [-0.1, -0.05) is 13.3 Å². The topological polar surface area (TPSA) is 38.3 Å². The molecule has 0 saturated heterocycles. The van der Waals surface area contributed by atoms with Gasteiger partial charge in [0.2, 0.25) is 0 Å². The first-order chi connectivity index (χ1) is 9.36. The average Bonchev–Trinajstić information content (AvgIpc) is 2.30. The first-order valence-electron chi connectivity index (χ1n) is 7.02. The number of carbonyl (C=O) groups is 1. The van der Waals surface area contributed by atoms with Crippen LogP contribution in [-0.4, -0.2) is 18.4 Å². The quantitative estimate of drug-likeness (QED) is 0.785. The number of hydrogen-bond donors (Lipinski definition) is 1. The van der Waals surface area contributed by atoms with Crippen molar-refractivity contribution < 1.29 is 13.9 Å². The monoisotopic (exact) mass is 283 g/mol. The van der Waals surface area contributed by atoms with E-state index in [1.54, 1.807) is 6.07 Å². The molecule has 0 fully saturated rings. The van der Waals surface area contributed by atoms with Crippen molar-refractivity contribution in [3.63, 3.8) is 0 Å². The number of ketones is 1. The molecule has 1 N–H and O–H groups in total. The van der Waals surface area contributed by atoms with E-state index in [4.69, 9.17) is 4.74 Å². The minimum absolute atomic E-state index is 0.167. The zero-order valence-electron chi connectivity index (χ0n) is 13.1. The molecule has 1 rings (SSSR count). The smallest absolute Gasteiger partial charge is 0.167 e. The lowest BCUT2D eigenvalue weighted by Gasteiger charge is -2.12. The first-order valence-corrected chi connectivity index (χ1v) is 7.02. The van der Waals surface area contributed by atoms with Crippen molar-refractivity contribution in [2.24, 2.45) is 0 Å². The molecule has 0 atom stereocenters. The number of Topliss-reactive ketones (excluding diaryl/α,β-unsaturated/α-hetero) is 1. The number of anilines is 1. The Morgan fingerprint density at radius 2 is 1.95 bits per heavy atom. The standard InChI is InChI=1S/C13H20FNO.C3H6O/c1-4-5-8-16-13-7-6-11(9-12(13)14)15-10(2)3;1-3(2)4/h6-7,9-10,15H,4-5,8H2,1-3H3;1-2H3. The summed E-state index contributed by atoms with van der Waals surface area (Å²) in [5.41, 5.74) is 0.787. The second-order valence-corrected chi connectivity index (χ2v) is 5.05. The summed E-state index contributed by atoms with van der Waals surface area (Å²) in [6.07, 6.45) is 2.00. The van der Waals surface area contributed by atoms with Crippen molar-refractivity contribution in [3.05, 3.63) is 24.0 Å². The SMILES string of the molecule is CC(C)=O.CCCCOc1ccc(NC(C)C)cc1F. The predicted molar refractivity (Wildman–Crippen MR) is 81.9 cm³/mol. The van der Waals surface area contributed by atoms with Crippen LogP contribution in [-0.2, 0) is 4.79 Å². The summed E-state index contributed by atoms with van der Waals surface area (Å²) in [5.74, 6) is 0.199. The number of nitrogens with one attached hydrogen (secondary N) is 1. The summed E-state index contributed by atoms with van der Waals surface area (Å²) in [6.45, 7) is 9.74. The van der Waals surface area contributed by atoms with Gasteiger partial charge in [-0.2, -0.15) is 0 Å². The fourth-order valence-electron chi connectivity index (χ4n) is 1.37. The van der Waals surface area contributed by atoms with Crippen molar-refractivity contribution in [3.8, 4) is 5.75 Å². The van der Waals surface area contributed by atoms with Crippen LogP contribution in [0.5, 0.6) is 5.75 Å². The third kappa shape index (κ3) is 9.36. The Kier molecular flexibility index (Phi) is 9.43. The van der Waals surface area contributed by atoms with Crippen LogP contribution in [0.3, 0.4) is 0 Å². The average molecular weight is 283 g/mol. The highest BCUT2D eigenvalue weighted by atomic mass is 19.1. The van der Waals surface area contributed by atoms with Gasteiger partial charge in [0, 0.05) is 17.8 Å². The molecule has 4 heteroatoms. The van der Waals surface area contributed by atoms with E-state index < -0.39 is 0 Å².